The number of anilines is 1. The van der Waals surface area contributed by atoms with Gasteiger partial charge in [-0.15, -0.1) is 0 Å². The zero-order chi connectivity index (χ0) is 24.5. The largest absolute Gasteiger partial charge is 0.466 e. The van der Waals surface area contributed by atoms with Gasteiger partial charge in [-0.3, -0.25) is 25.0 Å². The molecule has 3 aromatic rings. The zero-order valence-electron chi connectivity index (χ0n) is 19.5. The van der Waals surface area contributed by atoms with E-state index in [1.165, 1.54) is 10.9 Å². The number of nitrogens with one attached hydrogen (secondary N) is 2. The van der Waals surface area contributed by atoms with Gasteiger partial charge in [0.1, 0.15) is 0 Å². The van der Waals surface area contributed by atoms with Crippen molar-refractivity contribution in [1.82, 2.24) is 9.78 Å². The number of ether oxygens (including phenoxy) is 2. The van der Waals surface area contributed by atoms with E-state index in [1.807, 2.05) is 31.2 Å². The number of nitrogens with zero attached hydrogens (tertiary/aromatic N) is 2. The molecule has 0 aliphatic carbocycles. The molecule has 9 heteroatoms. The third-order valence-electron chi connectivity index (χ3n) is 4.98. The Bertz CT molecular complexity index is 1220. The lowest BCUT2D eigenvalue weighted by molar-refractivity contribution is -0.142. The minimum Gasteiger partial charge on any atom is -0.466 e. The third-order valence-corrected chi connectivity index (χ3v) is 4.98. The van der Waals surface area contributed by atoms with Crippen LogP contribution in [0.5, 0.6) is 0 Å². The van der Waals surface area contributed by atoms with Gasteiger partial charge >= 0.3 is 12.1 Å². The van der Waals surface area contributed by atoms with E-state index < -0.39 is 12.1 Å². The number of hydrogen-bond donors (Lipinski definition) is 2. The van der Waals surface area contributed by atoms with Crippen LogP contribution in [0.4, 0.5) is 16.2 Å². The van der Waals surface area contributed by atoms with Crippen LogP contribution in [0.25, 0.3) is 5.69 Å². The number of para-hydroxylation sites is 1. The van der Waals surface area contributed by atoms with E-state index in [1.54, 1.807) is 38.1 Å². The van der Waals surface area contributed by atoms with E-state index in [2.05, 4.69) is 15.4 Å². The SMILES string of the molecule is CCOC(=O)Cc1[nH]n(-c2ccc(NC(=O)OCC)cc2)c(=O)c1C=Nc1ccccc1CC. The number of carbonyl (C=O) groups is 2. The highest BCUT2D eigenvalue weighted by molar-refractivity contribution is 5.86. The summed E-state index contributed by atoms with van der Waals surface area (Å²) in [5.74, 6) is -0.450. The molecule has 1 amide bonds. The lowest BCUT2D eigenvalue weighted by atomic mass is 10.1. The number of rotatable bonds is 9. The molecule has 0 atom stereocenters. The monoisotopic (exact) mass is 464 g/mol. The van der Waals surface area contributed by atoms with Crippen LogP contribution in [-0.4, -0.2) is 41.3 Å². The number of esters is 1. The topological polar surface area (TPSA) is 115 Å². The molecule has 2 aromatic carbocycles. The van der Waals surface area contributed by atoms with Gasteiger partial charge in [0.25, 0.3) is 5.56 Å². The minimum absolute atomic E-state index is 0.102. The Morgan fingerprint density at radius 3 is 2.41 bits per heavy atom. The molecule has 0 saturated heterocycles. The van der Waals surface area contributed by atoms with E-state index in [4.69, 9.17) is 9.47 Å². The molecule has 3 rings (SSSR count). The quantitative estimate of drug-likeness (QED) is 0.365. The van der Waals surface area contributed by atoms with Crippen molar-refractivity contribution in [3.63, 3.8) is 0 Å². The predicted octanol–water partition coefficient (Wildman–Crippen LogP) is 4.15. The molecule has 1 heterocycles. The van der Waals surface area contributed by atoms with Crippen LogP contribution >= 0.6 is 0 Å². The van der Waals surface area contributed by atoms with Crippen LogP contribution in [0.2, 0.25) is 0 Å². The Hall–Kier alpha value is -4.14. The number of aryl methyl sites for hydroxylation is 1. The average Bonchev–Trinajstić information content (AvgIpc) is 3.13. The maximum absolute atomic E-state index is 13.3. The van der Waals surface area contributed by atoms with Crippen LogP contribution in [0.15, 0.2) is 58.3 Å². The maximum atomic E-state index is 13.3. The summed E-state index contributed by atoms with van der Waals surface area (Å²) in [6.45, 7) is 5.98. The van der Waals surface area contributed by atoms with Crippen LogP contribution in [-0.2, 0) is 27.1 Å². The van der Waals surface area contributed by atoms with Crippen molar-refractivity contribution in [2.24, 2.45) is 4.99 Å². The molecule has 0 saturated carbocycles. The van der Waals surface area contributed by atoms with Crippen LogP contribution < -0.4 is 10.9 Å². The normalized spacial score (nSPS) is 10.9. The van der Waals surface area contributed by atoms with Crippen molar-refractivity contribution in [3.05, 3.63) is 75.7 Å². The Morgan fingerprint density at radius 2 is 1.74 bits per heavy atom. The molecule has 0 aliphatic rings. The number of amides is 1. The molecule has 9 nitrogen and oxygen atoms in total. The highest BCUT2D eigenvalue weighted by Gasteiger charge is 2.17. The van der Waals surface area contributed by atoms with Crippen molar-refractivity contribution < 1.29 is 19.1 Å². The van der Waals surface area contributed by atoms with Gasteiger partial charge in [0.05, 0.1) is 42.3 Å². The molecular weight excluding hydrogens is 436 g/mol. The van der Waals surface area contributed by atoms with Crippen molar-refractivity contribution >= 4 is 29.7 Å². The summed E-state index contributed by atoms with van der Waals surface area (Å²) in [5.41, 5.74) is 3.16. The molecule has 34 heavy (non-hydrogen) atoms. The second-order valence-corrected chi connectivity index (χ2v) is 7.26. The summed E-state index contributed by atoms with van der Waals surface area (Å²) >= 11 is 0. The first-order valence-corrected chi connectivity index (χ1v) is 11.1. The molecule has 0 fully saturated rings. The van der Waals surface area contributed by atoms with E-state index >= 15 is 0 Å². The highest BCUT2D eigenvalue weighted by Crippen LogP contribution is 2.19. The lowest BCUT2D eigenvalue weighted by Gasteiger charge is -2.07. The molecule has 1 aromatic heterocycles. The number of aromatic nitrogens is 2. The number of aliphatic imine (C=N–C) groups is 1. The maximum Gasteiger partial charge on any atom is 0.411 e. The molecule has 178 valence electrons. The fraction of sp³-hybridized carbons (Fsp3) is 0.280. The highest BCUT2D eigenvalue weighted by atomic mass is 16.5. The van der Waals surface area contributed by atoms with Gasteiger partial charge in [-0.05, 0) is 56.2 Å². The van der Waals surface area contributed by atoms with Gasteiger partial charge in [0.2, 0.25) is 0 Å². The summed E-state index contributed by atoms with van der Waals surface area (Å²) in [6.07, 6.45) is 1.62. The first-order valence-electron chi connectivity index (χ1n) is 11.1. The average molecular weight is 465 g/mol. The van der Waals surface area contributed by atoms with Crippen LogP contribution in [0.3, 0.4) is 0 Å². The molecule has 2 N–H and O–H groups in total. The van der Waals surface area contributed by atoms with Crippen molar-refractivity contribution in [1.29, 1.82) is 0 Å². The van der Waals surface area contributed by atoms with Gasteiger partial charge in [0, 0.05) is 11.9 Å². The third kappa shape index (κ3) is 6.00. The number of carbonyl (C=O) groups excluding carboxylic acids is 2. The first-order chi connectivity index (χ1) is 16.5. The number of benzene rings is 2. The van der Waals surface area contributed by atoms with Gasteiger partial charge in [0.15, 0.2) is 0 Å². The Kier molecular flexibility index (Phi) is 8.39. The van der Waals surface area contributed by atoms with Gasteiger partial charge in [-0.2, -0.15) is 0 Å². The molecule has 0 bridgehead atoms. The van der Waals surface area contributed by atoms with Crippen molar-refractivity contribution in [2.45, 2.75) is 33.6 Å². The summed E-state index contributed by atoms with van der Waals surface area (Å²) in [4.78, 5) is 41.5. The molecule has 0 radical (unpaired) electrons. The Labute approximate surface area is 197 Å². The molecule has 0 aliphatic heterocycles. The van der Waals surface area contributed by atoms with Crippen molar-refractivity contribution in [3.8, 4) is 5.69 Å². The summed E-state index contributed by atoms with van der Waals surface area (Å²) in [6, 6.07) is 14.3. The number of hydrogen-bond acceptors (Lipinski definition) is 6. The fourth-order valence-corrected chi connectivity index (χ4v) is 3.35. The minimum atomic E-state index is -0.560. The molecular formula is C25H28N4O5. The lowest BCUT2D eigenvalue weighted by Crippen LogP contribution is -2.17. The predicted molar refractivity (Wildman–Crippen MR) is 130 cm³/mol. The summed E-state index contributed by atoms with van der Waals surface area (Å²) < 4.78 is 11.3. The smallest absolute Gasteiger partial charge is 0.411 e. The van der Waals surface area contributed by atoms with Gasteiger partial charge in [-0.25, -0.2) is 9.48 Å². The molecule has 0 unspecified atom stereocenters. The number of H-pyrrole nitrogens is 1. The van der Waals surface area contributed by atoms with Crippen LogP contribution in [0, 0.1) is 0 Å². The second-order valence-electron chi connectivity index (χ2n) is 7.26. The first kappa shape index (κ1) is 24.5. The van der Waals surface area contributed by atoms with E-state index in [0.29, 0.717) is 17.1 Å². The Balaban J connectivity index is 1.96. The van der Waals surface area contributed by atoms with Gasteiger partial charge in [-0.1, -0.05) is 25.1 Å². The molecule has 0 spiro atoms. The van der Waals surface area contributed by atoms with Crippen molar-refractivity contribution in [2.75, 3.05) is 18.5 Å². The zero-order valence-corrected chi connectivity index (χ0v) is 19.5. The van der Waals surface area contributed by atoms with E-state index in [9.17, 15) is 14.4 Å². The van der Waals surface area contributed by atoms with E-state index in [-0.39, 0.29) is 30.8 Å². The van der Waals surface area contributed by atoms with Crippen LogP contribution in [0.1, 0.15) is 37.6 Å². The summed E-state index contributed by atoms with van der Waals surface area (Å²) in [5, 5.41) is 5.60. The fourth-order valence-electron chi connectivity index (χ4n) is 3.35. The van der Waals surface area contributed by atoms with Gasteiger partial charge < -0.3 is 9.47 Å². The standard InChI is InChI=1S/C25H28N4O5/c1-4-17-9-7-8-10-21(17)26-16-20-22(15-23(30)33-5-2)28-29(24(20)31)19-13-11-18(12-14-19)27-25(32)34-6-3/h7-14,16,28H,4-6,15H2,1-3H3,(H,27,32). The second kappa shape index (κ2) is 11.6. The van der Waals surface area contributed by atoms with E-state index in [0.717, 1.165) is 17.7 Å². The Morgan fingerprint density at radius 1 is 1.03 bits per heavy atom. The summed E-state index contributed by atoms with van der Waals surface area (Å²) in [7, 11) is 0. The number of aromatic amines is 1.